The smallest absolute Gasteiger partial charge is 0.131 e. The second-order valence-corrected chi connectivity index (χ2v) is 5.99. The molecule has 2 aromatic heterocycles. The molecule has 0 radical (unpaired) electrons. The van der Waals surface area contributed by atoms with E-state index in [9.17, 15) is 4.39 Å². The van der Waals surface area contributed by atoms with Crippen LogP contribution in [0.3, 0.4) is 0 Å². The molecule has 0 aliphatic rings. The van der Waals surface area contributed by atoms with Gasteiger partial charge in [0.25, 0.3) is 0 Å². The van der Waals surface area contributed by atoms with Crippen LogP contribution in [0.5, 0.6) is 0 Å². The average molecular weight is 308 g/mol. The first-order valence-corrected chi connectivity index (χ1v) is 7.22. The molecule has 0 saturated heterocycles. The molecular formula is C15H11ClFNOS. The van der Waals surface area contributed by atoms with E-state index in [0.29, 0.717) is 10.0 Å². The highest BCUT2D eigenvalue weighted by atomic mass is 35.5. The summed E-state index contributed by atoms with van der Waals surface area (Å²) < 4.78 is 19.5. The summed E-state index contributed by atoms with van der Waals surface area (Å²) in [7, 11) is 0. The first-order chi connectivity index (χ1) is 9.72. The summed E-state index contributed by atoms with van der Waals surface area (Å²) in [5, 5.41) is 3.27. The highest BCUT2D eigenvalue weighted by Crippen LogP contribution is 2.33. The van der Waals surface area contributed by atoms with Gasteiger partial charge in [0.2, 0.25) is 0 Å². The topological polar surface area (TPSA) is 25.2 Å². The molecule has 0 fully saturated rings. The Morgan fingerprint density at radius 3 is 2.70 bits per heavy atom. The lowest BCUT2D eigenvalue weighted by atomic mass is 10.1. The number of anilines is 1. The summed E-state index contributed by atoms with van der Waals surface area (Å²) in [5.41, 5.74) is 0.691. The van der Waals surface area contributed by atoms with E-state index >= 15 is 0 Å². The quantitative estimate of drug-likeness (QED) is 0.704. The third kappa shape index (κ3) is 2.86. The van der Waals surface area contributed by atoms with E-state index in [1.54, 1.807) is 12.3 Å². The second-order valence-electron chi connectivity index (χ2n) is 4.24. The Labute approximate surface area is 124 Å². The fraction of sp³-hybridized carbons (Fsp3) is 0.0667. The summed E-state index contributed by atoms with van der Waals surface area (Å²) in [6.45, 7) is 0. The van der Waals surface area contributed by atoms with Gasteiger partial charge in [-0.15, -0.1) is 11.3 Å². The van der Waals surface area contributed by atoms with Crippen molar-refractivity contribution in [2.75, 3.05) is 5.32 Å². The minimum absolute atomic E-state index is 0.190. The molecule has 0 aliphatic carbocycles. The largest absolute Gasteiger partial charge is 0.467 e. The van der Waals surface area contributed by atoms with Crippen molar-refractivity contribution < 1.29 is 8.81 Å². The molecule has 0 saturated carbocycles. The summed E-state index contributed by atoms with van der Waals surface area (Å²) in [6.07, 6.45) is 1.62. The van der Waals surface area contributed by atoms with Gasteiger partial charge < -0.3 is 9.73 Å². The van der Waals surface area contributed by atoms with E-state index in [2.05, 4.69) is 5.32 Å². The van der Waals surface area contributed by atoms with Crippen LogP contribution in [0, 0.1) is 5.82 Å². The molecule has 2 heterocycles. The molecule has 1 N–H and O–H groups in total. The zero-order valence-corrected chi connectivity index (χ0v) is 11.9. The number of hydrogen-bond acceptors (Lipinski definition) is 3. The lowest BCUT2D eigenvalue weighted by molar-refractivity contribution is 0.500. The molecule has 1 atom stereocenters. The number of hydrogen-bond donors (Lipinski definition) is 1. The molecule has 0 bridgehead atoms. The number of furan rings is 1. The Kier molecular flexibility index (Phi) is 3.76. The minimum atomic E-state index is -0.280. The Balaban J connectivity index is 1.94. The Bertz CT molecular complexity index is 695. The normalized spacial score (nSPS) is 12.3. The highest BCUT2D eigenvalue weighted by molar-refractivity contribution is 7.16. The first kappa shape index (κ1) is 13.2. The summed E-state index contributed by atoms with van der Waals surface area (Å²) in [6, 6.07) is 13.6. The van der Waals surface area contributed by atoms with Crippen LogP contribution in [0.15, 0.2) is 59.2 Å². The molecule has 3 aromatic rings. The van der Waals surface area contributed by atoms with Gasteiger partial charge in [-0.2, -0.15) is 0 Å². The van der Waals surface area contributed by atoms with Gasteiger partial charge in [-0.3, -0.25) is 0 Å². The maximum Gasteiger partial charge on any atom is 0.131 e. The maximum atomic E-state index is 13.3. The SMILES string of the molecule is Fc1cccc(NC(c2ccco2)c2ccc(Cl)s2)c1. The highest BCUT2D eigenvalue weighted by Gasteiger charge is 2.19. The van der Waals surface area contributed by atoms with Gasteiger partial charge in [0.1, 0.15) is 17.6 Å². The van der Waals surface area contributed by atoms with Gasteiger partial charge in [0.15, 0.2) is 0 Å². The van der Waals surface area contributed by atoms with Gasteiger partial charge in [-0.25, -0.2) is 4.39 Å². The molecule has 1 aromatic carbocycles. The van der Waals surface area contributed by atoms with E-state index in [1.807, 2.05) is 30.3 Å². The van der Waals surface area contributed by atoms with E-state index < -0.39 is 0 Å². The molecule has 0 amide bonds. The summed E-state index contributed by atoms with van der Waals surface area (Å²) in [5.74, 6) is 0.477. The minimum Gasteiger partial charge on any atom is -0.467 e. The van der Waals surface area contributed by atoms with Crippen molar-refractivity contribution in [3.8, 4) is 0 Å². The summed E-state index contributed by atoms with van der Waals surface area (Å²) >= 11 is 7.46. The Hall–Kier alpha value is -1.78. The molecule has 2 nitrogen and oxygen atoms in total. The fourth-order valence-corrected chi connectivity index (χ4v) is 3.09. The fourth-order valence-electron chi connectivity index (χ4n) is 1.97. The van der Waals surface area contributed by atoms with E-state index in [0.717, 1.165) is 10.6 Å². The zero-order chi connectivity index (χ0) is 13.9. The lowest BCUT2D eigenvalue weighted by Crippen LogP contribution is -2.10. The van der Waals surface area contributed by atoms with Crippen LogP contribution < -0.4 is 5.32 Å². The molecule has 1 unspecified atom stereocenters. The number of halogens is 2. The first-order valence-electron chi connectivity index (χ1n) is 6.03. The van der Waals surface area contributed by atoms with Crippen LogP contribution in [-0.4, -0.2) is 0 Å². The summed E-state index contributed by atoms with van der Waals surface area (Å²) in [4.78, 5) is 1.01. The van der Waals surface area contributed by atoms with Crippen molar-refractivity contribution in [2.24, 2.45) is 0 Å². The maximum absolute atomic E-state index is 13.3. The van der Waals surface area contributed by atoms with Crippen molar-refractivity contribution >= 4 is 28.6 Å². The third-order valence-electron chi connectivity index (χ3n) is 2.84. The molecule has 0 spiro atoms. The van der Waals surface area contributed by atoms with Crippen molar-refractivity contribution in [1.29, 1.82) is 0 Å². The number of thiophene rings is 1. The van der Waals surface area contributed by atoms with Crippen LogP contribution >= 0.6 is 22.9 Å². The standard InChI is InChI=1S/C15H11ClFNOS/c16-14-7-6-13(20-14)15(12-5-2-8-19-12)18-11-4-1-3-10(17)9-11/h1-9,15,18H. The molecule has 20 heavy (non-hydrogen) atoms. The lowest BCUT2D eigenvalue weighted by Gasteiger charge is -2.16. The van der Waals surface area contributed by atoms with E-state index in [-0.39, 0.29) is 11.9 Å². The number of rotatable bonds is 4. The monoisotopic (exact) mass is 307 g/mol. The van der Waals surface area contributed by atoms with Crippen LogP contribution in [-0.2, 0) is 0 Å². The average Bonchev–Trinajstić information content (AvgIpc) is 3.07. The van der Waals surface area contributed by atoms with Crippen molar-refractivity contribution in [1.82, 2.24) is 0 Å². The van der Waals surface area contributed by atoms with Crippen LogP contribution in [0.25, 0.3) is 0 Å². The Morgan fingerprint density at radius 1 is 1.15 bits per heavy atom. The predicted octanol–water partition coefficient (Wildman–Crippen LogP) is 5.34. The molecule has 0 aliphatic heterocycles. The van der Waals surface area contributed by atoms with Crippen molar-refractivity contribution in [3.05, 3.63) is 75.6 Å². The van der Waals surface area contributed by atoms with Gasteiger partial charge in [-0.05, 0) is 42.5 Å². The molecule has 102 valence electrons. The number of nitrogens with one attached hydrogen (secondary N) is 1. The number of benzene rings is 1. The van der Waals surface area contributed by atoms with E-state index in [4.69, 9.17) is 16.0 Å². The van der Waals surface area contributed by atoms with Crippen LogP contribution in [0.1, 0.15) is 16.7 Å². The molecule has 5 heteroatoms. The predicted molar refractivity (Wildman–Crippen MR) is 79.9 cm³/mol. The van der Waals surface area contributed by atoms with Gasteiger partial charge in [0, 0.05) is 10.6 Å². The second kappa shape index (κ2) is 5.69. The zero-order valence-electron chi connectivity index (χ0n) is 10.3. The van der Waals surface area contributed by atoms with Crippen LogP contribution in [0.2, 0.25) is 4.34 Å². The van der Waals surface area contributed by atoms with Gasteiger partial charge >= 0.3 is 0 Å². The van der Waals surface area contributed by atoms with E-state index in [1.165, 1.54) is 23.5 Å². The third-order valence-corrected chi connectivity index (χ3v) is 4.14. The molecule has 3 rings (SSSR count). The van der Waals surface area contributed by atoms with Crippen molar-refractivity contribution in [2.45, 2.75) is 6.04 Å². The van der Waals surface area contributed by atoms with Gasteiger partial charge in [-0.1, -0.05) is 17.7 Å². The van der Waals surface area contributed by atoms with Crippen LogP contribution in [0.4, 0.5) is 10.1 Å². The Morgan fingerprint density at radius 2 is 2.05 bits per heavy atom. The molecular weight excluding hydrogens is 297 g/mol. The van der Waals surface area contributed by atoms with Gasteiger partial charge in [0.05, 0.1) is 10.6 Å². The van der Waals surface area contributed by atoms with Crippen molar-refractivity contribution in [3.63, 3.8) is 0 Å².